The number of morpholine rings is 2. The van der Waals surface area contributed by atoms with Gasteiger partial charge in [-0.05, 0) is 18.2 Å². The lowest BCUT2D eigenvalue weighted by Crippen LogP contribution is -2.48. The molecule has 1 amide bonds. The Morgan fingerprint density at radius 1 is 1.05 bits per heavy atom. The molecule has 0 bridgehead atoms. The summed E-state index contributed by atoms with van der Waals surface area (Å²) in [5.41, 5.74) is 3.95. The van der Waals surface area contributed by atoms with Crippen LogP contribution in [-0.4, -0.2) is 90.6 Å². The third-order valence-corrected chi connectivity index (χ3v) is 6.34. The van der Waals surface area contributed by atoms with Gasteiger partial charge in [-0.15, -0.1) is 0 Å². The molecular weight excluding hydrogens is 489 g/mol. The van der Waals surface area contributed by atoms with Crippen LogP contribution in [0.5, 0.6) is 0 Å². The number of hydrogen-bond donors (Lipinski definition) is 1. The zero-order chi connectivity index (χ0) is 25.8. The molecule has 0 spiro atoms. The van der Waals surface area contributed by atoms with Gasteiger partial charge in [0, 0.05) is 56.4 Å². The third-order valence-electron chi connectivity index (χ3n) is 6.34. The van der Waals surface area contributed by atoms with Crippen molar-refractivity contribution < 1.29 is 27.4 Å². The largest absolute Gasteiger partial charge is 0.397 e. The molecule has 0 saturated carbocycles. The van der Waals surface area contributed by atoms with Gasteiger partial charge in [-0.2, -0.15) is 13.2 Å². The summed E-state index contributed by atoms with van der Waals surface area (Å²) in [4.78, 5) is 29.1. The average Bonchev–Trinajstić information content (AvgIpc) is 2.91. The Balaban J connectivity index is 1.31. The highest BCUT2D eigenvalue weighted by Gasteiger charge is 2.35. The molecule has 0 unspecified atom stereocenters. The SMILES string of the molecule is O=C(CC(F)(F)F)N1CCO[C@H](CNc2nc(-c3ccc(N4CCOCC4)cc3)cc3nccnc23)C1. The molecule has 2 aromatic heterocycles. The summed E-state index contributed by atoms with van der Waals surface area (Å²) in [5.74, 6) is -0.460. The molecule has 196 valence electrons. The van der Waals surface area contributed by atoms with Gasteiger partial charge in [0.05, 0.1) is 37.1 Å². The number of pyridine rings is 1. The number of anilines is 2. The van der Waals surface area contributed by atoms with Crippen molar-refractivity contribution in [2.45, 2.75) is 18.7 Å². The van der Waals surface area contributed by atoms with Gasteiger partial charge < -0.3 is 24.6 Å². The Bertz CT molecular complexity index is 1230. The van der Waals surface area contributed by atoms with Crippen LogP contribution in [0.4, 0.5) is 24.7 Å². The number of benzene rings is 1. The van der Waals surface area contributed by atoms with E-state index in [1.165, 1.54) is 4.90 Å². The molecule has 2 saturated heterocycles. The molecule has 37 heavy (non-hydrogen) atoms. The van der Waals surface area contributed by atoms with Crippen molar-refractivity contribution in [1.29, 1.82) is 0 Å². The predicted octanol–water partition coefficient (Wildman–Crippen LogP) is 3.12. The number of halogens is 3. The van der Waals surface area contributed by atoms with E-state index < -0.39 is 24.6 Å². The van der Waals surface area contributed by atoms with E-state index in [9.17, 15) is 18.0 Å². The third kappa shape index (κ3) is 6.25. The van der Waals surface area contributed by atoms with Crippen LogP contribution in [0, 0.1) is 0 Å². The number of hydrogen-bond acceptors (Lipinski definition) is 8. The van der Waals surface area contributed by atoms with Crippen LogP contribution in [-0.2, 0) is 14.3 Å². The molecule has 2 fully saturated rings. The van der Waals surface area contributed by atoms with Gasteiger partial charge in [0.1, 0.15) is 11.9 Å². The molecule has 2 aliphatic heterocycles. The van der Waals surface area contributed by atoms with Crippen LogP contribution in [0.2, 0.25) is 0 Å². The smallest absolute Gasteiger partial charge is 0.378 e. The van der Waals surface area contributed by atoms with Crippen molar-refractivity contribution in [3.8, 4) is 11.3 Å². The summed E-state index contributed by atoms with van der Waals surface area (Å²) >= 11 is 0. The Morgan fingerprint density at radius 2 is 1.81 bits per heavy atom. The highest BCUT2D eigenvalue weighted by Crippen LogP contribution is 2.28. The lowest BCUT2D eigenvalue weighted by molar-refractivity contribution is -0.165. The minimum absolute atomic E-state index is 0.0637. The topological polar surface area (TPSA) is 92.7 Å². The first-order valence-corrected chi connectivity index (χ1v) is 12.1. The minimum atomic E-state index is -4.54. The lowest BCUT2D eigenvalue weighted by Gasteiger charge is -2.33. The van der Waals surface area contributed by atoms with Crippen molar-refractivity contribution in [2.75, 3.05) is 62.8 Å². The fourth-order valence-electron chi connectivity index (χ4n) is 4.47. The van der Waals surface area contributed by atoms with Crippen molar-refractivity contribution in [3.05, 3.63) is 42.7 Å². The zero-order valence-electron chi connectivity index (χ0n) is 20.1. The van der Waals surface area contributed by atoms with Crippen LogP contribution in [0.1, 0.15) is 6.42 Å². The van der Waals surface area contributed by atoms with Gasteiger partial charge in [0.25, 0.3) is 0 Å². The number of ether oxygens (including phenoxy) is 2. The molecule has 5 rings (SSSR count). The zero-order valence-corrected chi connectivity index (χ0v) is 20.1. The molecule has 1 aromatic carbocycles. The second-order valence-electron chi connectivity index (χ2n) is 8.93. The number of carbonyl (C=O) groups excluding carboxylic acids is 1. The summed E-state index contributed by atoms with van der Waals surface area (Å²) in [5, 5.41) is 3.22. The number of rotatable bonds is 6. The molecule has 9 nitrogen and oxygen atoms in total. The quantitative estimate of drug-likeness (QED) is 0.535. The average molecular weight is 517 g/mol. The van der Waals surface area contributed by atoms with Crippen molar-refractivity contribution >= 4 is 28.4 Å². The highest BCUT2D eigenvalue weighted by molar-refractivity contribution is 5.88. The van der Waals surface area contributed by atoms with Gasteiger partial charge >= 0.3 is 6.18 Å². The van der Waals surface area contributed by atoms with E-state index in [4.69, 9.17) is 14.5 Å². The summed E-state index contributed by atoms with van der Waals surface area (Å²) in [7, 11) is 0. The van der Waals surface area contributed by atoms with E-state index in [1.807, 2.05) is 18.2 Å². The maximum Gasteiger partial charge on any atom is 0.397 e. The normalized spacial score (nSPS) is 18.7. The number of aromatic nitrogens is 3. The standard InChI is InChI=1S/C25H27F3N6O3/c26-25(27,28)14-22(35)34-9-12-37-19(16-34)15-31-24-23-21(29-5-6-30-23)13-20(32-24)17-1-3-18(4-2-17)33-7-10-36-11-8-33/h1-6,13,19H,7-12,14-16H2,(H,31,32)/t19-/m1/s1. The van der Waals surface area contributed by atoms with Crippen molar-refractivity contribution in [3.63, 3.8) is 0 Å². The summed E-state index contributed by atoms with van der Waals surface area (Å²) in [6, 6.07) is 9.99. The number of nitrogens with zero attached hydrogens (tertiary/aromatic N) is 5. The first-order chi connectivity index (χ1) is 17.9. The van der Waals surface area contributed by atoms with Crippen LogP contribution in [0.15, 0.2) is 42.7 Å². The van der Waals surface area contributed by atoms with Crippen molar-refractivity contribution in [1.82, 2.24) is 19.9 Å². The number of fused-ring (bicyclic) bond motifs is 1. The van der Waals surface area contributed by atoms with E-state index in [-0.39, 0.29) is 26.2 Å². The number of nitrogens with one attached hydrogen (secondary N) is 1. The van der Waals surface area contributed by atoms with Gasteiger partial charge in [-0.1, -0.05) is 12.1 Å². The van der Waals surface area contributed by atoms with Gasteiger partial charge in [-0.3, -0.25) is 9.78 Å². The van der Waals surface area contributed by atoms with Crippen molar-refractivity contribution in [2.24, 2.45) is 0 Å². The molecule has 3 aromatic rings. The lowest BCUT2D eigenvalue weighted by atomic mass is 10.1. The Morgan fingerprint density at radius 3 is 2.57 bits per heavy atom. The molecule has 0 radical (unpaired) electrons. The second kappa shape index (κ2) is 10.9. The van der Waals surface area contributed by atoms with Crippen LogP contribution in [0.25, 0.3) is 22.3 Å². The molecule has 1 N–H and O–H groups in total. The number of alkyl halides is 3. The summed E-state index contributed by atoms with van der Waals surface area (Å²) in [6.45, 7) is 3.72. The van der Waals surface area contributed by atoms with E-state index in [2.05, 4.69) is 32.3 Å². The summed E-state index contributed by atoms with van der Waals surface area (Å²) < 4.78 is 49.1. The van der Waals surface area contributed by atoms with Gasteiger partial charge in [0.2, 0.25) is 5.91 Å². The maximum absolute atomic E-state index is 12.7. The van der Waals surface area contributed by atoms with Gasteiger partial charge in [-0.25, -0.2) is 9.97 Å². The van der Waals surface area contributed by atoms with E-state index in [1.54, 1.807) is 12.4 Å². The van der Waals surface area contributed by atoms with E-state index in [0.29, 0.717) is 35.8 Å². The Kier molecular flexibility index (Phi) is 7.38. The fourth-order valence-corrected chi connectivity index (χ4v) is 4.47. The molecule has 4 heterocycles. The fraction of sp³-hybridized carbons (Fsp3) is 0.440. The van der Waals surface area contributed by atoms with Crippen LogP contribution in [0.3, 0.4) is 0 Å². The second-order valence-corrected chi connectivity index (χ2v) is 8.93. The first kappa shape index (κ1) is 25.2. The van der Waals surface area contributed by atoms with E-state index >= 15 is 0 Å². The Labute approximate surface area is 211 Å². The monoisotopic (exact) mass is 516 g/mol. The first-order valence-electron chi connectivity index (χ1n) is 12.1. The molecule has 1 atom stereocenters. The van der Waals surface area contributed by atoms with Crippen LogP contribution < -0.4 is 10.2 Å². The Hall–Kier alpha value is -3.51. The number of carbonyl (C=O) groups is 1. The predicted molar refractivity (Wildman–Crippen MR) is 131 cm³/mol. The van der Waals surface area contributed by atoms with Gasteiger partial charge in [0.15, 0.2) is 5.82 Å². The maximum atomic E-state index is 12.7. The molecule has 12 heteroatoms. The molecular formula is C25H27F3N6O3. The molecule has 0 aliphatic carbocycles. The molecule has 2 aliphatic rings. The minimum Gasteiger partial charge on any atom is -0.378 e. The summed E-state index contributed by atoms with van der Waals surface area (Å²) in [6.07, 6.45) is -3.32. The van der Waals surface area contributed by atoms with Crippen LogP contribution >= 0.6 is 0 Å². The number of amides is 1. The highest BCUT2D eigenvalue weighted by atomic mass is 19.4. The van der Waals surface area contributed by atoms with E-state index in [0.717, 1.165) is 24.3 Å².